The van der Waals surface area contributed by atoms with E-state index in [0.29, 0.717) is 13.1 Å². The molecule has 0 unspecified atom stereocenters. The fourth-order valence-corrected chi connectivity index (χ4v) is 3.55. The smallest absolute Gasteiger partial charge is 0.227 e. The third-order valence-corrected chi connectivity index (χ3v) is 5.08. The highest BCUT2D eigenvalue weighted by Crippen LogP contribution is 2.48. The molecule has 0 aliphatic heterocycles. The number of amides is 1. The standard InChI is InChI=1S/C23H22FNO2/c1-16-7-12-20(27-16)15-25(14-17-8-10-19(24)11-9-17)23(26)22-13-21(22)18-5-3-2-4-6-18/h2-12,21-22H,13-15H2,1H3/t21-,22-/m0/s1. The van der Waals surface area contributed by atoms with E-state index in [0.717, 1.165) is 23.5 Å². The Balaban J connectivity index is 1.51. The Hall–Kier alpha value is -2.88. The molecule has 4 rings (SSSR count). The molecular formula is C23H22FNO2. The Bertz CT molecular complexity index is 917. The van der Waals surface area contributed by atoms with Gasteiger partial charge < -0.3 is 9.32 Å². The lowest BCUT2D eigenvalue weighted by molar-refractivity contribution is -0.134. The third kappa shape index (κ3) is 4.11. The van der Waals surface area contributed by atoms with Crippen LogP contribution in [-0.2, 0) is 17.9 Å². The maximum Gasteiger partial charge on any atom is 0.227 e. The van der Waals surface area contributed by atoms with Crippen LogP contribution in [0.3, 0.4) is 0 Å². The summed E-state index contributed by atoms with van der Waals surface area (Å²) in [6, 6.07) is 20.3. The van der Waals surface area contributed by atoms with E-state index in [2.05, 4.69) is 12.1 Å². The molecule has 0 spiro atoms. The minimum atomic E-state index is -0.273. The van der Waals surface area contributed by atoms with Crippen LogP contribution in [-0.4, -0.2) is 10.8 Å². The van der Waals surface area contributed by atoms with E-state index in [-0.39, 0.29) is 23.6 Å². The Morgan fingerprint density at radius 3 is 2.44 bits per heavy atom. The number of halogens is 1. The topological polar surface area (TPSA) is 33.5 Å². The fraction of sp³-hybridized carbons (Fsp3) is 0.261. The third-order valence-electron chi connectivity index (χ3n) is 5.08. The average Bonchev–Trinajstić information content (AvgIpc) is 3.38. The SMILES string of the molecule is Cc1ccc(CN(Cc2ccc(F)cc2)C(=O)[C@H]2C[C@H]2c2ccccc2)o1. The first-order chi connectivity index (χ1) is 13.1. The molecule has 0 radical (unpaired) electrons. The molecule has 0 bridgehead atoms. The molecule has 1 heterocycles. The van der Waals surface area contributed by atoms with Crippen molar-refractivity contribution >= 4 is 5.91 Å². The van der Waals surface area contributed by atoms with Crippen molar-refractivity contribution in [1.29, 1.82) is 0 Å². The largest absolute Gasteiger partial charge is 0.464 e. The summed E-state index contributed by atoms with van der Waals surface area (Å²) in [5, 5.41) is 0. The molecule has 138 valence electrons. The molecule has 3 aromatic rings. The number of furan rings is 1. The van der Waals surface area contributed by atoms with E-state index < -0.39 is 0 Å². The van der Waals surface area contributed by atoms with Gasteiger partial charge in [0.05, 0.1) is 6.54 Å². The van der Waals surface area contributed by atoms with E-state index in [1.54, 1.807) is 12.1 Å². The fourth-order valence-electron chi connectivity index (χ4n) is 3.55. The monoisotopic (exact) mass is 363 g/mol. The highest BCUT2D eigenvalue weighted by atomic mass is 19.1. The van der Waals surface area contributed by atoms with Crippen molar-refractivity contribution in [2.75, 3.05) is 0 Å². The lowest BCUT2D eigenvalue weighted by atomic mass is 10.1. The summed E-state index contributed by atoms with van der Waals surface area (Å²) in [7, 11) is 0. The summed E-state index contributed by atoms with van der Waals surface area (Å²) < 4.78 is 18.9. The van der Waals surface area contributed by atoms with Crippen LogP contribution < -0.4 is 0 Å². The minimum Gasteiger partial charge on any atom is -0.464 e. The van der Waals surface area contributed by atoms with E-state index >= 15 is 0 Å². The molecule has 0 N–H and O–H groups in total. The number of carbonyl (C=O) groups excluding carboxylic acids is 1. The summed E-state index contributed by atoms with van der Waals surface area (Å²) in [6.45, 7) is 2.75. The van der Waals surface area contributed by atoms with Crippen LogP contribution >= 0.6 is 0 Å². The average molecular weight is 363 g/mol. The second-order valence-electron chi connectivity index (χ2n) is 7.19. The first-order valence-electron chi connectivity index (χ1n) is 9.23. The van der Waals surface area contributed by atoms with E-state index in [4.69, 9.17) is 4.42 Å². The molecule has 1 aliphatic rings. The molecule has 2 atom stereocenters. The number of carbonyl (C=O) groups is 1. The van der Waals surface area contributed by atoms with Crippen LogP contribution in [0.2, 0.25) is 0 Å². The summed E-state index contributed by atoms with van der Waals surface area (Å²) in [6.07, 6.45) is 0.875. The number of rotatable bonds is 6. The first kappa shape index (κ1) is 17.5. The number of benzene rings is 2. The maximum atomic E-state index is 13.2. The zero-order valence-electron chi connectivity index (χ0n) is 15.3. The Kier molecular flexibility index (Phi) is 4.80. The summed E-state index contributed by atoms with van der Waals surface area (Å²) >= 11 is 0. The van der Waals surface area contributed by atoms with Crippen LogP contribution in [0.5, 0.6) is 0 Å². The summed E-state index contributed by atoms with van der Waals surface area (Å²) in [5.41, 5.74) is 2.12. The Labute approximate surface area is 158 Å². The Morgan fingerprint density at radius 2 is 1.78 bits per heavy atom. The van der Waals surface area contributed by atoms with Crippen LogP contribution in [0.25, 0.3) is 0 Å². The molecule has 1 fully saturated rings. The van der Waals surface area contributed by atoms with Crippen molar-refractivity contribution in [3.05, 3.63) is 95.2 Å². The molecule has 1 saturated carbocycles. The zero-order valence-corrected chi connectivity index (χ0v) is 15.3. The lowest BCUT2D eigenvalue weighted by Crippen LogP contribution is -2.31. The number of hydrogen-bond donors (Lipinski definition) is 0. The summed E-state index contributed by atoms with van der Waals surface area (Å²) in [4.78, 5) is 15.0. The molecule has 2 aromatic carbocycles. The molecule has 27 heavy (non-hydrogen) atoms. The molecule has 1 amide bonds. The van der Waals surface area contributed by atoms with Gasteiger partial charge in [0.25, 0.3) is 0 Å². The first-order valence-corrected chi connectivity index (χ1v) is 9.23. The van der Waals surface area contributed by atoms with Gasteiger partial charge in [0.15, 0.2) is 0 Å². The molecule has 3 nitrogen and oxygen atoms in total. The van der Waals surface area contributed by atoms with Gasteiger partial charge in [-0.25, -0.2) is 4.39 Å². The molecule has 1 aromatic heterocycles. The molecular weight excluding hydrogens is 341 g/mol. The minimum absolute atomic E-state index is 0.00362. The van der Waals surface area contributed by atoms with Crippen LogP contribution in [0.15, 0.2) is 71.1 Å². The molecule has 0 saturated heterocycles. The van der Waals surface area contributed by atoms with Crippen molar-refractivity contribution in [2.45, 2.75) is 32.4 Å². The van der Waals surface area contributed by atoms with Gasteiger partial charge >= 0.3 is 0 Å². The van der Waals surface area contributed by atoms with E-state index in [1.807, 2.05) is 42.2 Å². The van der Waals surface area contributed by atoms with Crippen molar-refractivity contribution in [1.82, 2.24) is 4.90 Å². The van der Waals surface area contributed by atoms with E-state index in [1.165, 1.54) is 17.7 Å². The van der Waals surface area contributed by atoms with Gasteiger partial charge in [0.1, 0.15) is 17.3 Å². The van der Waals surface area contributed by atoms with Crippen molar-refractivity contribution < 1.29 is 13.6 Å². The lowest BCUT2D eigenvalue weighted by Gasteiger charge is -2.22. The molecule has 4 heteroatoms. The maximum absolute atomic E-state index is 13.2. The highest BCUT2D eigenvalue weighted by molar-refractivity contribution is 5.83. The predicted octanol–water partition coefficient (Wildman–Crippen LogP) is 5.06. The van der Waals surface area contributed by atoms with Gasteiger partial charge in [0.2, 0.25) is 5.91 Å². The van der Waals surface area contributed by atoms with Crippen molar-refractivity contribution in [2.24, 2.45) is 5.92 Å². The van der Waals surface area contributed by atoms with Crippen molar-refractivity contribution in [3.63, 3.8) is 0 Å². The second-order valence-corrected chi connectivity index (χ2v) is 7.19. The zero-order chi connectivity index (χ0) is 18.8. The van der Waals surface area contributed by atoms with Gasteiger partial charge in [-0.3, -0.25) is 4.79 Å². The number of hydrogen-bond acceptors (Lipinski definition) is 2. The van der Waals surface area contributed by atoms with Gasteiger partial charge in [-0.1, -0.05) is 42.5 Å². The normalized spacial score (nSPS) is 18.3. The Morgan fingerprint density at radius 1 is 1.04 bits per heavy atom. The van der Waals surface area contributed by atoms with Crippen molar-refractivity contribution in [3.8, 4) is 0 Å². The quantitative estimate of drug-likeness (QED) is 0.613. The number of aryl methyl sites for hydroxylation is 1. The second kappa shape index (κ2) is 7.39. The summed E-state index contributed by atoms with van der Waals surface area (Å²) in [5.74, 6) is 1.73. The number of nitrogens with zero attached hydrogens (tertiary/aromatic N) is 1. The molecule has 1 aliphatic carbocycles. The van der Waals surface area contributed by atoms with Gasteiger partial charge in [-0.15, -0.1) is 0 Å². The van der Waals surface area contributed by atoms with Gasteiger partial charge in [0, 0.05) is 12.5 Å². The predicted molar refractivity (Wildman–Crippen MR) is 101 cm³/mol. The van der Waals surface area contributed by atoms with Crippen LogP contribution in [0.4, 0.5) is 4.39 Å². The van der Waals surface area contributed by atoms with E-state index in [9.17, 15) is 9.18 Å². The highest BCUT2D eigenvalue weighted by Gasteiger charge is 2.45. The van der Waals surface area contributed by atoms with Gasteiger partial charge in [-0.2, -0.15) is 0 Å². The van der Waals surface area contributed by atoms with Crippen LogP contribution in [0.1, 0.15) is 35.0 Å². The van der Waals surface area contributed by atoms with Crippen LogP contribution in [0, 0.1) is 18.7 Å². The van der Waals surface area contributed by atoms with Gasteiger partial charge in [-0.05, 0) is 54.7 Å².